The van der Waals surface area contributed by atoms with Crippen LogP contribution >= 0.6 is 0 Å². The Bertz CT molecular complexity index is 634. The molecule has 2 atom stereocenters. The predicted molar refractivity (Wildman–Crippen MR) is 81.6 cm³/mol. The Morgan fingerprint density at radius 1 is 1.43 bits per heavy atom. The zero-order valence-corrected chi connectivity index (χ0v) is 12.5. The molecule has 4 heteroatoms. The van der Waals surface area contributed by atoms with Crippen LogP contribution in [0, 0.1) is 5.92 Å². The molecule has 0 N–H and O–H groups in total. The van der Waals surface area contributed by atoms with Crippen LogP contribution in [-0.4, -0.2) is 43.5 Å². The van der Waals surface area contributed by atoms with E-state index in [9.17, 15) is 4.79 Å². The third-order valence-electron chi connectivity index (χ3n) is 4.42. The number of hydrogen-bond donors (Lipinski definition) is 0. The van der Waals surface area contributed by atoms with E-state index in [-0.39, 0.29) is 11.9 Å². The Labute approximate surface area is 124 Å². The SMILES string of the molecule is COC1CN(CC(=O)c2coc3ccccc23)CCC1C. The van der Waals surface area contributed by atoms with E-state index in [2.05, 4.69) is 11.8 Å². The van der Waals surface area contributed by atoms with Gasteiger partial charge in [0.2, 0.25) is 0 Å². The zero-order valence-electron chi connectivity index (χ0n) is 12.5. The summed E-state index contributed by atoms with van der Waals surface area (Å²) in [6.07, 6.45) is 2.86. The number of Topliss-reactive ketones (excluding diaryl/α,β-unsaturated/α-hetero) is 1. The molecule has 0 aliphatic carbocycles. The Hall–Kier alpha value is -1.65. The highest BCUT2D eigenvalue weighted by molar-refractivity contribution is 6.08. The molecule has 112 valence electrons. The maximum absolute atomic E-state index is 12.5. The average Bonchev–Trinajstić information content (AvgIpc) is 2.93. The van der Waals surface area contributed by atoms with Crippen LogP contribution in [0.3, 0.4) is 0 Å². The average molecular weight is 287 g/mol. The molecule has 1 fully saturated rings. The lowest BCUT2D eigenvalue weighted by molar-refractivity contribution is -0.00323. The molecule has 3 rings (SSSR count). The fourth-order valence-electron chi connectivity index (χ4n) is 3.03. The largest absolute Gasteiger partial charge is 0.464 e. The molecule has 2 aromatic rings. The van der Waals surface area contributed by atoms with Gasteiger partial charge in [-0.1, -0.05) is 25.1 Å². The summed E-state index contributed by atoms with van der Waals surface area (Å²) in [4.78, 5) is 14.7. The van der Waals surface area contributed by atoms with Crippen LogP contribution in [-0.2, 0) is 4.74 Å². The smallest absolute Gasteiger partial charge is 0.180 e. The third kappa shape index (κ3) is 2.87. The van der Waals surface area contributed by atoms with Gasteiger partial charge in [0.05, 0.1) is 18.2 Å². The Kier molecular flexibility index (Phi) is 4.08. The van der Waals surface area contributed by atoms with Gasteiger partial charge in [-0.2, -0.15) is 0 Å². The Balaban J connectivity index is 1.72. The number of furan rings is 1. The van der Waals surface area contributed by atoms with Crippen molar-refractivity contribution in [3.63, 3.8) is 0 Å². The van der Waals surface area contributed by atoms with Gasteiger partial charge in [0, 0.05) is 19.0 Å². The molecule has 0 saturated carbocycles. The summed E-state index contributed by atoms with van der Waals surface area (Å²) in [6, 6.07) is 7.66. The van der Waals surface area contributed by atoms with Crippen LogP contribution in [0.25, 0.3) is 11.0 Å². The number of fused-ring (bicyclic) bond motifs is 1. The molecular formula is C17H21NO3. The van der Waals surface area contributed by atoms with Crippen LogP contribution in [0.15, 0.2) is 34.9 Å². The number of hydrogen-bond acceptors (Lipinski definition) is 4. The number of ether oxygens (including phenoxy) is 1. The molecular weight excluding hydrogens is 266 g/mol. The summed E-state index contributed by atoms with van der Waals surface area (Å²) in [5.41, 5.74) is 1.45. The molecule has 1 aromatic heterocycles. The summed E-state index contributed by atoms with van der Waals surface area (Å²) in [5.74, 6) is 0.667. The first-order chi connectivity index (χ1) is 10.2. The van der Waals surface area contributed by atoms with E-state index < -0.39 is 0 Å². The van der Waals surface area contributed by atoms with E-state index in [0.29, 0.717) is 18.0 Å². The van der Waals surface area contributed by atoms with Crippen molar-refractivity contribution in [3.05, 3.63) is 36.1 Å². The van der Waals surface area contributed by atoms with E-state index in [1.165, 1.54) is 0 Å². The number of nitrogens with zero attached hydrogens (tertiary/aromatic N) is 1. The molecule has 0 bridgehead atoms. The minimum atomic E-state index is 0.115. The number of piperidine rings is 1. The van der Waals surface area contributed by atoms with Crippen molar-refractivity contribution in [1.29, 1.82) is 0 Å². The van der Waals surface area contributed by atoms with E-state index in [1.54, 1.807) is 13.4 Å². The molecule has 1 saturated heterocycles. The number of rotatable bonds is 4. The second-order valence-corrected chi connectivity index (χ2v) is 5.84. The number of methoxy groups -OCH3 is 1. The molecule has 2 unspecified atom stereocenters. The topological polar surface area (TPSA) is 42.7 Å². The summed E-state index contributed by atoms with van der Waals surface area (Å²) < 4.78 is 11.0. The molecule has 4 nitrogen and oxygen atoms in total. The van der Waals surface area contributed by atoms with Crippen LogP contribution < -0.4 is 0 Å². The van der Waals surface area contributed by atoms with Crippen molar-refractivity contribution in [2.45, 2.75) is 19.4 Å². The van der Waals surface area contributed by atoms with E-state index in [4.69, 9.17) is 9.15 Å². The maximum atomic E-state index is 12.5. The summed E-state index contributed by atoms with van der Waals surface area (Å²) in [7, 11) is 1.75. The number of likely N-dealkylation sites (tertiary alicyclic amines) is 1. The molecule has 1 aliphatic heterocycles. The molecule has 0 amide bonds. The Morgan fingerprint density at radius 3 is 3.05 bits per heavy atom. The molecule has 2 heterocycles. The molecule has 0 spiro atoms. The van der Waals surface area contributed by atoms with E-state index in [0.717, 1.165) is 30.5 Å². The quantitative estimate of drug-likeness (QED) is 0.811. The van der Waals surface area contributed by atoms with Crippen LogP contribution in [0.1, 0.15) is 23.7 Å². The summed E-state index contributed by atoms with van der Waals surface area (Å²) >= 11 is 0. The van der Waals surface area contributed by atoms with Gasteiger partial charge >= 0.3 is 0 Å². The first-order valence-corrected chi connectivity index (χ1v) is 7.43. The fraction of sp³-hybridized carbons (Fsp3) is 0.471. The monoisotopic (exact) mass is 287 g/mol. The van der Waals surface area contributed by atoms with Crippen LogP contribution in [0.2, 0.25) is 0 Å². The van der Waals surface area contributed by atoms with Gasteiger partial charge in [0.1, 0.15) is 11.8 Å². The zero-order chi connectivity index (χ0) is 14.8. The fourth-order valence-corrected chi connectivity index (χ4v) is 3.03. The van der Waals surface area contributed by atoms with Gasteiger partial charge in [-0.05, 0) is 24.9 Å². The lowest BCUT2D eigenvalue weighted by Gasteiger charge is -2.35. The highest BCUT2D eigenvalue weighted by Gasteiger charge is 2.27. The van der Waals surface area contributed by atoms with Crippen molar-refractivity contribution < 1.29 is 13.9 Å². The number of carbonyl (C=O) groups excluding carboxylic acids is 1. The summed E-state index contributed by atoms with van der Waals surface area (Å²) in [6.45, 7) is 4.40. The predicted octanol–water partition coefficient (Wildman–Crippen LogP) is 2.97. The number of carbonyl (C=O) groups is 1. The van der Waals surface area contributed by atoms with Crippen molar-refractivity contribution in [2.75, 3.05) is 26.7 Å². The normalized spacial score (nSPS) is 23.5. The maximum Gasteiger partial charge on any atom is 0.180 e. The van der Waals surface area contributed by atoms with Gasteiger partial charge in [0.15, 0.2) is 5.78 Å². The highest BCUT2D eigenvalue weighted by atomic mass is 16.5. The second-order valence-electron chi connectivity index (χ2n) is 5.84. The Morgan fingerprint density at radius 2 is 2.24 bits per heavy atom. The van der Waals surface area contributed by atoms with Crippen molar-refractivity contribution >= 4 is 16.8 Å². The molecule has 0 radical (unpaired) electrons. The lowest BCUT2D eigenvalue weighted by Crippen LogP contribution is -2.45. The lowest BCUT2D eigenvalue weighted by atomic mass is 9.95. The standard InChI is InChI=1S/C17H21NO3/c1-12-7-8-18(10-17(12)20-2)9-15(19)14-11-21-16-6-4-3-5-13(14)16/h3-6,11-12,17H,7-10H2,1-2H3. The second kappa shape index (κ2) is 6.00. The van der Waals surface area contributed by atoms with Gasteiger partial charge in [-0.25, -0.2) is 0 Å². The van der Waals surface area contributed by atoms with E-state index >= 15 is 0 Å². The van der Waals surface area contributed by atoms with Gasteiger partial charge in [-0.3, -0.25) is 9.69 Å². The van der Waals surface area contributed by atoms with Crippen molar-refractivity contribution in [1.82, 2.24) is 4.90 Å². The minimum Gasteiger partial charge on any atom is -0.464 e. The molecule has 1 aromatic carbocycles. The van der Waals surface area contributed by atoms with Crippen LogP contribution in [0.5, 0.6) is 0 Å². The van der Waals surface area contributed by atoms with Gasteiger partial charge in [-0.15, -0.1) is 0 Å². The van der Waals surface area contributed by atoms with Gasteiger partial charge in [0.25, 0.3) is 0 Å². The minimum absolute atomic E-state index is 0.115. The number of para-hydroxylation sites is 1. The molecule has 1 aliphatic rings. The summed E-state index contributed by atoms with van der Waals surface area (Å²) in [5, 5.41) is 0.899. The molecule has 21 heavy (non-hydrogen) atoms. The number of benzene rings is 1. The van der Waals surface area contributed by atoms with E-state index in [1.807, 2.05) is 24.3 Å². The highest BCUT2D eigenvalue weighted by Crippen LogP contribution is 2.23. The third-order valence-corrected chi connectivity index (χ3v) is 4.42. The number of ketones is 1. The first-order valence-electron chi connectivity index (χ1n) is 7.43. The van der Waals surface area contributed by atoms with Crippen LogP contribution in [0.4, 0.5) is 0 Å². The van der Waals surface area contributed by atoms with Gasteiger partial charge < -0.3 is 9.15 Å². The van der Waals surface area contributed by atoms with Crippen molar-refractivity contribution in [2.24, 2.45) is 5.92 Å². The first kappa shape index (κ1) is 14.3. The van der Waals surface area contributed by atoms with Crippen molar-refractivity contribution in [3.8, 4) is 0 Å².